The van der Waals surface area contributed by atoms with Crippen LogP contribution in [0.4, 0.5) is 0 Å². The molecule has 1 aromatic carbocycles. The van der Waals surface area contributed by atoms with E-state index in [0.29, 0.717) is 10.7 Å². The highest BCUT2D eigenvalue weighted by molar-refractivity contribution is 9.09. The summed E-state index contributed by atoms with van der Waals surface area (Å²) in [6, 6.07) is 8.84. The van der Waals surface area contributed by atoms with E-state index in [2.05, 4.69) is 52.3 Å². The Morgan fingerprint density at radius 3 is 2.68 bits per heavy atom. The summed E-state index contributed by atoms with van der Waals surface area (Å²) in [4.78, 5) is 0.568. The quantitative estimate of drug-likeness (QED) is 0.477. The second-order valence-electron chi connectivity index (χ2n) is 5.45. The van der Waals surface area contributed by atoms with E-state index in [0.717, 1.165) is 37.8 Å². The third kappa shape index (κ3) is 4.07. The lowest BCUT2D eigenvalue weighted by Gasteiger charge is -2.23. The predicted octanol–water partition coefficient (Wildman–Crippen LogP) is 4.89. The van der Waals surface area contributed by atoms with Crippen LogP contribution in [0.3, 0.4) is 0 Å². The first-order valence-electron chi connectivity index (χ1n) is 7.14. The van der Waals surface area contributed by atoms with Crippen LogP contribution >= 0.6 is 15.9 Å². The summed E-state index contributed by atoms with van der Waals surface area (Å²) in [7, 11) is 0. The van der Waals surface area contributed by atoms with Gasteiger partial charge >= 0.3 is 0 Å². The summed E-state index contributed by atoms with van der Waals surface area (Å²) >= 11 is 3.58. The summed E-state index contributed by atoms with van der Waals surface area (Å²) in [6.07, 6.45) is 6.69. The summed E-state index contributed by atoms with van der Waals surface area (Å²) < 4.78 is 0. The number of benzene rings is 1. The van der Waals surface area contributed by atoms with Crippen molar-refractivity contribution in [2.45, 2.75) is 56.2 Å². The van der Waals surface area contributed by atoms with Crippen molar-refractivity contribution in [1.82, 2.24) is 0 Å². The molecule has 19 heavy (non-hydrogen) atoms. The number of hydrogen-bond donors (Lipinski definition) is 1. The van der Waals surface area contributed by atoms with Crippen LogP contribution in [-0.2, 0) is 6.42 Å². The molecule has 0 amide bonds. The Balaban J connectivity index is 2.04. The number of rotatable bonds is 4. The van der Waals surface area contributed by atoms with Crippen molar-refractivity contribution in [1.29, 1.82) is 0 Å². The lowest BCUT2D eigenvalue weighted by atomic mass is 9.82. The van der Waals surface area contributed by atoms with Gasteiger partial charge in [0.1, 0.15) is 0 Å². The predicted molar refractivity (Wildman–Crippen MR) is 83.6 cm³/mol. The van der Waals surface area contributed by atoms with Crippen LogP contribution < -0.4 is 0 Å². The molecule has 3 heteroatoms. The Bertz CT molecular complexity index is 425. The summed E-state index contributed by atoms with van der Waals surface area (Å²) in [6.45, 7) is 2.18. The van der Waals surface area contributed by atoms with Crippen LogP contribution in [0.2, 0.25) is 0 Å². The third-order valence-electron chi connectivity index (χ3n) is 3.92. The van der Waals surface area contributed by atoms with Gasteiger partial charge in [0.2, 0.25) is 0 Å². The first-order valence-corrected chi connectivity index (χ1v) is 8.06. The molecular formula is C16H22BrNO. The van der Waals surface area contributed by atoms with Crippen molar-refractivity contribution in [3.8, 4) is 0 Å². The molecule has 2 rings (SSSR count). The number of oxime groups is 1. The molecule has 1 N–H and O–H groups in total. The molecule has 1 aliphatic carbocycles. The van der Waals surface area contributed by atoms with E-state index in [1.54, 1.807) is 0 Å². The molecule has 0 spiro atoms. The summed E-state index contributed by atoms with van der Waals surface area (Å²) in [5.41, 5.74) is 3.63. The minimum atomic E-state index is 0.322. The van der Waals surface area contributed by atoms with Gasteiger partial charge in [-0.05, 0) is 43.2 Å². The van der Waals surface area contributed by atoms with E-state index in [-0.39, 0.29) is 0 Å². The molecule has 1 saturated carbocycles. The zero-order chi connectivity index (χ0) is 13.7. The first-order chi connectivity index (χ1) is 9.20. The minimum Gasteiger partial charge on any atom is -0.411 e. The fraction of sp³-hybridized carbons (Fsp3) is 0.562. The lowest BCUT2D eigenvalue weighted by molar-refractivity contribution is 0.312. The van der Waals surface area contributed by atoms with Gasteiger partial charge < -0.3 is 5.21 Å². The van der Waals surface area contributed by atoms with Crippen molar-refractivity contribution in [3.05, 3.63) is 35.4 Å². The summed E-state index contributed by atoms with van der Waals surface area (Å²) in [5.74, 6) is 0.322. The Hall–Kier alpha value is -0.830. The molecule has 0 radical (unpaired) electrons. The number of nitrogens with zero attached hydrogens (tertiary/aromatic N) is 1. The zero-order valence-corrected chi connectivity index (χ0v) is 13.1. The Labute approximate surface area is 124 Å². The average Bonchev–Trinajstić information content (AvgIpc) is 2.45. The van der Waals surface area contributed by atoms with Crippen molar-refractivity contribution in [3.63, 3.8) is 0 Å². The molecule has 1 aliphatic rings. The molecule has 0 aliphatic heterocycles. The van der Waals surface area contributed by atoms with Gasteiger partial charge in [-0.15, -0.1) is 0 Å². The van der Waals surface area contributed by atoms with Gasteiger partial charge in [0.25, 0.3) is 0 Å². The topological polar surface area (TPSA) is 32.6 Å². The van der Waals surface area contributed by atoms with Gasteiger partial charge in [-0.2, -0.15) is 0 Å². The number of aryl methyl sites for hydroxylation is 1. The molecule has 104 valence electrons. The van der Waals surface area contributed by atoms with E-state index in [4.69, 9.17) is 5.21 Å². The number of hydrogen-bond acceptors (Lipinski definition) is 2. The van der Waals surface area contributed by atoms with Gasteiger partial charge in [-0.1, -0.05) is 58.7 Å². The normalized spacial score (nSPS) is 23.5. The second kappa shape index (κ2) is 7.09. The molecule has 0 aromatic heterocycles. The van der Waals surface area contributed by atoms with Gasteiger partial charge in [-0.3, -0.25) is 0 Å². The smallest absolute Gasteiger partial charge is 0.0645 e. The van der Waals surface area contributed by atoms with Crippen LogP contribution in [0.25, 0.3) is 0 Å². The maximum atomic E-state index is 9.11. The van der Waals surface area contributed by atoms with E-state index in [1.807, 2.05) is 0 Å². The molecule has 2 unspecified atom stereocenters. The molecule has 2 nitrogen and oxygen atoms in total. The highest BCUT2D eigenvalue weighted by atomic mass is 79.9. The third-order valence-corrected chi connectivity index (χ3v) is 4.38. The molecular weight excluding hydrogens is 302 g/mol. The first kappa shape index (κ1) is 14.6. The van der Waals surface area contributed by atoms with Gasteiger partial charge in [0.05, 0.1) is 5.71 Å². The minimum absolute atomic E-state index is 0.322. The maximum Gasteiger partial charge on any atom is 0.0645 e. The molecule has 1 fully saturated rings. The molecule has 0 saturated heterocycles. The van der Waals surface area contributed by atoms with Gasteiger partial charge in [-0.25, -0.2) is 0 Å². The van der Waals surface area contributed by atoms with Crippen LogP contribution in [0.5, 0.6) is 0 Å². The SMILES string of the molecule is CC(Br)CCc1ccc(C2CCCCC2=NO)cc1. The number of alkyl halides is 1. The second-order valence-corrected chi connectivity index (χ2v) is 7.01. The highest BCUT2D eigenvalue weighted by Gasteiger charge is 2.22. The van der Waals surface area contributed by atoms with Crippen LogP contribution in [-0.4, -0.2) is 15.7 Å². The van der Waals surface area contributed by atoms with E-state index >= 15 is 0 Å². The largest absolute Gasteiger partial charge is 0.411 e. The molecule has 1 aromatic rings. The maximum absolute atomic E-state index is 9.11. The van der Waals surface area contributed by atoms with Gasteiger partial charge in [0, 0.05) is 10.7 Å². The Kier molecular flexibility index (Phi) is 5.44. The van der Waals surface area contributed by atoms with E-state index in [1.165, 1.54) is 17.5 Å². The fourth-order valence-electron chi connectivity index (χ4n) is 2.76. The summed E-state index contributed by atoms with van der Waals surface area (Å²) in [5, 5.41) is 12.6. The van der Waals surface area contributed by atoms with Gasteiger partial charge in [0.15, 0.2) is 0 Å². The zero-order valence-electron chi connectivity index (χ0n) is 11.5. The van der Waals surface area contributed by atoms with E-state index < -0.39 is 0 Å². The van der Waals surface area contributed by atoms with Crippen molar-refractivity contribution >= 4 is 21.6 Å². The standard InChI is InChI=1S/C16H22BrNO/c1-12(17)6-7-13-8-10-14(11-9-13)15-4-2-3-5-16(15)18-19/h8-12,15,19H,2-7H2,1H3. The Morgan fingerprint density at radius 1 is 1.32 bits per heavy atom. The highest BCUT2D eigenvalue weighted by Crippen LogP contribution is 2.31. The van der Waals surface area contributed by atoms with Crippen molar-refractivity contribution in [2.24, 2.45) is 5.16 Å². The average molecular weight is 324 g/mol. The molecule has 0 heterocycles. The van der Waals surface area contributed by atoms with Crippen molar-refractivity contribution < 1.29 is 5.21 Å². The van der Waals surface area contributed by atoms with Crippen molar-refractivity contribution in [2.75, 3.05) is 0 Å². The van der Waals surface area contributed by atoms with Crippen LogP contribution in [0.1, 0.15) is 56.1 Å². The molecule has 0 bridgehead atoms. The van der Waals surface area contributed by atoms with Crippen LogP contribution in [0, 0.1) is 0 Å². The van der Waals surface area contributed by atoms with E-state index in [9.17, 15) is 0 Å². The monoisotopic (exact) mass is 323 g/mol. The fourth-order valence-corrected chi connectivity index (χ4v) is 2.99. The molecule has 2 atom stereocenters. The van der Waals surface area contributed by atoms with Crippen LogP contribution in [0.15, 0.2) is 29.4 Å². The number of halogens is 1. The lowest BCUT2D eigenvalue weighted by Crippen LogP contribution is -2.17. The Morgan fingerprint density at radius 2 is 2.05 bits per heavy atom.